The van der Waals surface area contributed by atoms with Crippen LogP contribution in [-0.2, 0) is 6.42 Å². The van der Waals surface area contributed by atoms with Crippen LogP contribution in [0.5, 0.6) is 5.75 Å². The average Bonchev–Trinajstić information content (AvgIpc) is 2.21. The van der Waals surface area contributed by atoms with Gasteiger partial charge in [0, 0.05) is 0 Å². The Bertz CT molecular complexity index is 313. The summed E-state index contributed by atoms with van der Waals surface area (Å²) in [7, 11) is 0. The molecule has 0 radical (unpaired) electrons. The van der Waals surface area contributed by atoms with Crippen LogP contribution >= 0.6 is 0 Å². The zero-order valence-corrected chi connectivity index (χ0v) is 8.57. The van der Waals surface area contributed by atoms with Crippen LogP contribution < -0.4 is 4.74 Å². The first-order valence-corrected chi connectivity index (χ1v) is 4.81. The van der Waals surface area contributed by atoms with Crippen molar-refractivity contribution in [2.45, 2.75) is 13.3 Å². The van der Waals surface area contributed by atoms with Gasteiger partial charge in [-0.25, -0.2) is 0 Å². The summed E-state index contributed by atoms with van der Waals surface area (Å²) in [6.45, 7) is 6.34. The molecule has 1 aromatic rings. The molecule has 0 amide bonds. The molecule has 0 heterocycles. The number of para-hydroxylation sites is 1. The SMILES string of the molecule is C=CCc1ccccc1OC/C=C/C. The number of hydrogen-bond donors (Lipinski definition) is 0. The Labute approximate surface area is 85.7 Å². The number of allylic oxidation sites excluding steroid dienone is 2. The van der Waals surface area contributed by atoms with Gasteiger partial charge in [0.05, 0.1) is 0 Å². The van der Waals surface area contributed by atoms with E-state index in [9.17, 15) is 0 Å². The van der Waals surface area contributed by atoms with E-state index in [0.29, 0.717) is 6.61 Å². The smallest absolute Gasteiger partial charge is 0.123 e. The topological polar surface area (TPSA) is 9.23 Å². The predicted octanol–water partition coefficient (Wildman–Crippen LogP) is 3.37. The van der Waals surface area contributed by atoms with Gasteiger partial charge in [0.15, 0.2) is 0 Å². The molecule has 14 heavy (non-hydrogen) atoms. The van der Waals surface area contributed by atoms with E-state index in [1.54, 1.807) is 0 Å². The molecule has 0 N–H and O–H groups in total. The standard InChI is InChI=1S/C13H16O/c1-3-5-11-14-13-10-7-6-9-12(13)8-4-2/h3-7,9-10H,2,8,11H2,1H3/b5-3+. The maximum Gasteiger partial charge on any atom is 0.123 e. The molecular weight excluding hydrogens is 172 g/mol. The molecule has 0 spiro atoms. The molecule has 0 aromatic heterocycles. The maximum atomic E-state index is 5.60. The predicted molar refractivity (Wildman–Crippen MR) is 60.7 cm³/mol. The van der Waals surface area contributed by atoms with Crippen molar-refractivity contribution in [1.29, 1.82) is 0 Å². The first-order valence-electron chi connectivity index (χ1n) is 4.81. The highest BCUT2D eigenvalue weighted by Gasteiger charge is 1.98. The normalized spacial score (nSPS) is 10.4. The van der Waals surface area contributed by atoms with E-state index in [4.69, 9.17) is 4.74 Å². The van der Waals surface area contributed by atoms with Crippen LogP contribution in [0, 0.1) is 0 Å². The zero-order valence-electron chi connectivity index (χ0n) is 8.57. The number of benzene rings is 1. The summed E-state index contributed by atoms with van der Waals surface area (Å²) >= 11 is 0. The molecule has 0 saturated carbocycles. The molecule has 0 fully saturated rings. The quantitative estimate of drug-likeness (QED) is 0.644. The van der Waals surface area contributed by atoms with Crippen molar-refractivity contribution in [3.8, 4) is 5.75 Å². The largest absolute Gasteiger partial charge is 0.489 e. The fraction of sp³-hybridized carbons (Fsp3) is 0.231. The molecule has 1 nitrogen and oxygen atoms in total. The highest BCUT2D eigenvalue weighted by molar-refractivity contribution is 5.34. The molecule has 0 bridgehead atoms. The molecule has 1 heteroatoms. The van der Waals surface area contributed by atoms with E-state index < -0.39 is 0 Å². The van der Waals surface area contributed by atoms with Gasteiger partial charge in [-0.1, -0.05) is 36.4 Å². The van der Waals surface area contributed by atoms with Crippen LogP contribution in [0.15, 0.2) is 49.1 Å². The third-order valence-electron chi connectivity index (χ3n) is 1.91. The molecule has 0 aliphatic rings. The summed E-state index contributed by atoms with van der Waals surface area (Å²) in [5.74, 6) is 0.950. The summed E-state index contributed by atoms with van der Waals surface area (Å²) in [6, 6.07) is 8.05. The summed E-state index contributed by atoms with van der Waals surface area (Å²) in [5, 5.41) is 0. The third-order valence-corrected chi connectivity index (χ3v) is 1.91. The van der Waals surface area contributed by atoms with Gasteiger partial charge in [-0.05, 0) is 25.0 Å². The van der Waals surface area contributed by atoms with E-state index in [-0.39, 0.29) is 0 Å². The summed E-state index contributed by atoms with van der Waals surface area (Å²) in [4.78, 5) is 0. The van der Waals surface area contributed by atoms with Crippen molar-refractivity contribution in [2.75, 3.05) is 6.61 Å². The molecule has 0 aliphatic heterocycles. The Kier molecular flexibility index (Phi) is 4.56. The van der Waals surface area contributed by atoms with Crippen LogP contribution in [0.25, 0.3) is 0 Å². The van der Waals surface area contributed by atoms with E-state index in [1.165, 1.54) is 5.56 Å². The van der Waals surface area contributed by atoms with Gasteiger partial charge in [0.25, 0.3) is 0 Å². The van der Waals surface area contributed by atoms with Crippen LogP contribution in [0.3, 0.4) is 0 Å². The highest BCUT2D eigenvalue weighted by Crippen LogP contribution is 2.18. The minimum Gasteiger partial charge on any atom is -0.489 e. The second-order valence-corrected chi connectivity index (χ2v) is 2.98. The number of hydrogen-bond acceptors (Lipinski definition) is 1. The molecule has 1 rings (SSSR count). The first kappa shape index (κ1) is 10.6. The minimum absolute atomic E-state index is 0.630. The average molecular weight is 188 g/mol. The summed E-state index contributed by atoms with van der Waals surface area (Å²) in [5.41, 5.74) is 1.19. The van der Waals surface area contributed by atoms with Crippen molar-refractivity contribution in [2.24, 2.45) is 0 Å². The maximum absolute atomic E-state index is 5.60. The van der Waals surface area contributed by atoms with Gasteiger partial charge in [-0.15, -0.1) is 6.58 Å². The Hall–Kier alpha value is -1.50. The molecule has 0 unspecified atom stereocenters. The number of ether oxygens (including phenoxy) is 1. The second-order valence-electron chi connectivity index (χ2n) is 2.98. The Morgan fingerprint density at radius 1 is 1.36 bits per heavy atom. The van der Waals surface area contributed by atoms with E-state index in [2.05, 4.69) is 12.6 Å². The Balaban J connectivity index is 2.68. The van der Waals surface area contributed by atoms with Gasteiger partial charge in [0.1, 0.15) is 12.4 Å². The van der Waals surface area contributed by atoms with Gasteiger partial charge in [-0.2, -0.15) is 0 Å². The fourth-order valence-corrected chi connectivity index (χ4v) is 1.20. The van der Waals surface area contributed by atoms with Crippen molar-refractivity contribution in [3.63, 3.8) is 0 Å². The summed E-state index contributed by atoms with van der Waals surface area (Å²) < 4.78 is 5.60. The Morgan fingerprint density at radius 3 is 2.86 bits per heavy atom. The van der Waals surface area contributed by atoms with Crippen molar-refractivity contribution >= 4 is 0 Å². The van der Waals surface area contributed by atoms with Crippen molar-refractivity contribution in [1.82, 2.24) is 0 Å². The third kappa shape index (κ3) is 3.09. The number of rotatable bonds is 5. The lowest BCUT2D eigenvalue weighted by atomic mass is 10.1. The van der Waals surface area contributed by atoms with E-state index in [0.717, 1.165) is 12.2 Å². The van der Waals surface area contributed by atoms with Crippen LogP contribution in [0.4, 0.5) is 0 Å². The summed E-state index contributed by atoms with van der Waals surface area (Å²) in [6.07, 6.45) is 6.71. The molecule has 1 aromatic carbocycles. The highest BCUT2D eigenvalue weighted by atomic mass is 16.5. The second kappa shape index (κ2) is 6.03. The van der Waals surface area contributed by atoms with Gasteiger partial charge in [-0.3, -0.25) is 0 Å². The van der Waals surface area contributed by atoms with Crippen molar-refractivity contribution < 1.29 is 4.74 Å². The molecule has 0 aliphatic carbocycles. The lowest BCUT2D eigenvalue weighted by Gasteiger charge is -2.07. The van der Waals surface area contributed by atoms with E-state index >= 15 is 0 Å². The van der Waals surface area contributed by atoms with Crippen LogP contribution in [0.2, 0.25) is 0 Å². The molecule has 0 saturated heterocycles. The van der Waals surface area contributed by atoms with Gasteiger partial charge >= 0.3 is 0 Å². The van der Waals surface area contributed by atoms with Crippen LogP contribution in [-0.4, -0.2) is 6.61 Å². The first-order chi connectivity index (χ1) is 6.88. The lowest BCUT2D eigenvalue weighted by Crippen LogP contribution is -1.96. The van der Waals surface area contributed by atoms with Crippen LogP contribution in [0.1, 0.15) is 12.5 Å². The minimum atomic E-state index is 0.630. The zero-order chi connectivity index (χ0) is 10.2. The monoisotopic (exact) mass is 188 g/mol. The lowest BCUT2D eigenvalue weighted by molar-refractivity contribution is 0.359. The van der Waals surface area contributed by atoms with E-state index in [1.807, 2.05) is 43.4 Å². The van der Waals surface area contributed by atoms with Gasteiger partial charge in [0.2, 0.25) is 0 Å². The van der Waals surface area contributed by atoms with Gasteiger partial charge < -0.3 is 4.74 Å². The van der Waals surface area contributed by atoms with Crippen molar-refractivity contribution in [3.05, 3.63) is 54.6 Å². The molecule has 0 atom stereocenters. The molecular formula is C13H16O. The molecule has 74 valence electrons. The Morgan fingerprint density at radius 2 is 2.14 bits per heavy atom. The fourth-order valence-electron chi connectivity index (χ4n) is 1.20.